The molecule has 0 bridgehead atoms. The highest BCUT2D eigenvalue weighted by Gasteiger charge is 2.22. The summed E-state index contributed by atoms with van der Waals surface area (Å²) in [5.41, 5.74) is 0.516. The summed E-state index contributed by atoms with van der Waals surface area (Å²) in [6.07, 6.45) is 1.65. The van der Waals surface area contributed by atoms with Crippen molar-refractivity contribution >= 4 is 11.7 Å². The van der Waals surface area contributed by atoms with Gasteiger partial charge in [0.2, 0.25) is 5.88 Å². The van der Waals surface area contributed by atoms with Crippen molar-refractivity contribution in [1.29, 1.82) is 0 Å². The van der Waals surface area contributed by atoms with Crippen LogP contribution in [-0.2, 0) is 4.74 Å². The molecule has 3 rings (SSSR count). The number of pyridine rings is 1. The molecule has 1 atom stereocenters. The number of methoxy groups -OCH3 is 1. The SMILES string of the molecule is COc1ccc(Oc2ncccc2NC(=O)N2CCO[C@H](C)C2)cc1. The number of ether oxygens (including phenoxy) is 3. The van der Waals surface area contributed by atoms with Gasteiger partial charge in [0.15, 0.2) is 0 Å². The van der Waals surface area contributed by atoms with E-state index in [1.165, 1.54) is 0 Å². The van der Waals surface area contributed by atoms with Crippen LogP contribution in [0.25, 0.3) is 0 Å². The molecule has 2 amide bonds. The van der Waals surface area contributed by atoms with Gasteiger partial charge in [-0.25, -0.2) is 9.78 Å². The molecule has 7 nitrogen and oxygen atoms in total. The first-order valence-electron chi connectivity index (χ1n) is 8.10. The van der Waals surface area contributed by atoms with Gasteiger partial charge in [0.1, 0.15) is 17.2 Å². The minimum Gasteiger partial charge on any atom is -0.497 e. The van der Waals surface area contributed by atoms with E-state index in [0.29, 0.717) is 37.0 Å². The molecule has 1 aliphatic heterocycles. The van der Waals surface area contributed by atoms with E-state index in [4.69, 9.17) is 14.2 Å². The predicted octanol–water partition coefficient (Wildman–Crippen LogP) is 3.14. The zero-order valence-electron chi connectivity index (χ0n) is 14.3. The third kappa shape index (κ3) is 4.39. The molecule has 1 N–H and O–H groups in total. The van der Waals surface area contributed by atoms with Gasteiger partial charge < -0.3 is 24.4 Å². The number of hydrogen-bond acceptors (Lipinski definition) is 5. The zero-order valence-corrected chi connectivity index (χ0v) is 14.3. The highest BCUT2D eigenvalue weighted by Crippen LogP contribution is 2.28. The standard InChI is InChI=1S/C18H21N3O4/c1-13-12-21(10-11-24-13)18(22)20-16-4-3-9-19-17(16)25-15-7-5-14(23-2)6-8-15/h3-9,13H,10-12H2,1-2H3,(H,20,22)/t13-/m1/s1. The number of rotatable bonds is 4. The van der Waals surface area contributed by atoms with Crippen LogP contribution in [0, 0.1) is 0 Å². The molecule has 0 saturated carbocycles. The van der Waals surface area contributed by atoms with E-state index in [1.54, 1.807) is 54.6 Å². The molecule has 1 saturated heterocycles. The maximum absolute atomic E-state index is 12.5. The molecule has 1 aromatic carbocycles. The van der Waals surface area contributed by atoms with Crippen molar-refractivity contribution in [3.63, 3.8) is 0 Å². The van der Waals surface area contributed by atoms with Crippen LogP contribution in [-0.4, -0.2) is 48.8 Å². The molecule has 0 spiro atoms. The number of nitrogens with one attached hydrogen (secondary N) is 1. The highest BCUT2D eigenvalue weighted by atomic mass is 16.5. The second-order valence-corrected chi connectivity index (χ2v) is 5.69. The molecule has 0 unspecified atom stereocenters. The number of hydrogen-bond donors (Lipinski definition) is 1. The Morgan fingerprint density at radius 3 is 2.76 bits per heavy atom. The van der Waals surface area contributed by atoms with Crippen LogP contribution in [0.4, 0.5) is 10.5 Å². The summed E-state index contributed by atoms with van der Waals surface area (Å²) < 4.78 is 16.4. The first-order valence-corrected chi connectivity index (χ1v) is 8.10. The first kappa shape index (κ1) is 17.0. The largest absolute Gasteiger partial charge is 0.497 e. The van der Waals surface area contributed by atoms with E-state index in [9.17, 15) is 4.79 Å². The number of carbonyl (C=O) groups is 1. The van der Waals surface area contributed by atoms with Crippen molar-refractivity contribution in [2.75, 3.05) is 32.1 Å². The lowest BCUT2D eigenvalue weighted by molar-refractivity contribution is -0.00139. The van der Waals surface area contributed by atoms with Gasteiger partial charge in [-0.1, -0.05) is 0 Å². The molecule has 1 fully saturated rings. The minimum absolute atomic E-state index is 0.0309. The van der Waals surface area contributed by atoms with Crippen LogP contribution in [0.15, 0.2) is 42.6 Å². The monoisotopic (exact) mass is 343 g/mol. The third-order valence-corrected chi connectivity index (χ3v) is 3.82. The molecule has 2 heterocycles. The summed E-state index contributed by atoms with van der Waals surface area (Å²) >= 11 is 0. The second kappa shape index (κ2) is 7.85. The fraction of sp³-hybridized carbons (Fsp3) is 0.333. The summed E-state index contributed by atoms with van der Waals surface area (Å²) in [4.78, 5) is 18.4. The molecule has 1 aromatic heterocycles. The van der Waals surface area contributed by atoms with Gasteiger partial charge in [0, 0.05) is 19.3 Å². The Morgan fingerprint density at radius 1 is 1.28 bits per heavy atom. The maximum atomic E-state index is 12.5. The normalized spacial score (nSPS) is 17.0. The minimum atomic E-state index is -0.192. The average molecular weight is 343 g/mol. The van der Waals surface area contributed by atoms with Crippen LogP contribution in [0.2, 0.25) is 0 Å². The molecular formula is C18H21N3O4. The smallest absolute Gasteiger partial charge is 0.322 e. The fourth-order valence-corrected chi connectivity index (χ4v) is 2.52. The number of morpholine rings is 1. The van der Waals surface area contributed by atoms with Crippen LogP contribution < -0.4 is 14.8 Å². The van der Waals surface area contributed by atoms with Crippen LogP contribution >= 0.6 is 0 Å². The van der Waals surface area contributed by atoms with E-state index < -0.39 is 0 Å². The Morgan fingerprint density at radius 2 is 2.04 bits per heavy atom. The van der Waals surface area contributed by atoms with Crippen molar-refractivity contribution in [3.05, 3.63) is 42.6 Å². The molecule has 2 aromatic rings. The van der Waals surface area contributed by atoms with Crippen LogP contribution in [0.3, 0.4) is 0 Å². The molecule has 25 heavy (non-hydrogen) atoms. The quantitative estimate of drug-likeness (QED) is 0.923. The molecule has 7 heteroatoms. The van der Waals surface area contributed by atoms with Crippen LogP contribution in [0.1, 0.15) is 6.92 Å². The van der Waals surface area contributed by atoms with E-state index in [-0.39, 0.29) is 12.1 Å². The second-order valence-electron chi connectivity index (χ2n) is 5.69. The lowest BCUT2D eigenvalue weighted by atomic mass is 10.3. The Hall–Kier alpha value is -2.80. The fourth-order valence-electron chi connectivity index (χ4n) is 2.52. The van der Waals surface area contributed by atoms with Crippen molar-refractivity contribution in [2.24, 2.45) is 0 Å². The topological polar surface area (TPSA) is 72.9 Å². The predicted molar refractivity (Wildman–Crippen MR) is 93.3 cm³/mol. The number of benzene rings is 1. The Kier molecular flexibility index (Phi) is 5.35. The van der Waals surface area contributed by atoms with E-state index in [2.05, 4.69) is 10.3 Å². The number of aromatic nitrogens is 1. The lowest BCUT2D eigenvalue weighted by Crippen LogP contribution is -2.46. The van der Waals surface area contributed by atoms with Gasteiger partial charge >= 0.3 is 6.03 Å². The maximum Gasteiger partial charge on any atom is 0.322 e. The molecule has 132 valence electrons. The Labute approximate surface area is 146 Å². The highest BCUT2D eigenvalue weighted by molar-refractivity contribution is 5.90. The number of anilines is 1. The van der Waals surface area contributed by atoms with Gasteiger partial charge in [0.25, 0.3) is 0 Å². The van der Waals surface area contributed by atoms with Crippen molar-refractivity contribution in [3.8, 4) is 17.4 Å². The molecule has 1 aliphatic rings. The number of carbonyl (C=O) groups excluding carboxylic acids is 1. The van der Waals surface area contributed by atoms with E-state index >= 15 is 0 Å². The van der Waals surface area contributed by atoms with Gasteiger partial charge in [-0.15, -0.1) is 0 Å². The molecule has 0 radical (unpaired) electrons. The summed E-state index contributed by atoms with van der Waals surface area (Å²) in [6, 6.07) is 10.5. The van der Waals surface area contributed by atoms with E-state index in [1.807, 2.05) is 6.92 Å². The summed E-state index contributed by atoms with van der Waals surface area (Å²) in [5.74, 6) is 1.68. The zero-order chi connectivity index (χ0) is 17.6. The van der Waals surface area contributed by atoms with Gasteiger partial charge in [0.05, 0.1) is 19.8 Å². The Bertz CT molecular complexity index is 721. The number of nitrogens with zero attached hydrogens (tertiary/aromatic N) is 2. The van der Waals surface area contributed by atoms with Gasteiger partial charge in [-0.05, 0) is 43.3 Å². The Balaban J connectivity index is 1.70. The summed E-state index contributed by atoms with van der Waals surface area (Å²) in [7, 11) is 1.61. The number of amides is 2. The first-order chi connectivity index (χ1) is 12.2. The van der Waals surface area contributed by atoms with Crippen molar-refractivity contribution in [2.45, 2.75) is 13.0 Å². The number of urea groups is 1. The lowest BCUT2D eigenvalue weighted by Gasteiger charge is -2.31. The van der Waals surface area contributed by atoms with E-state index in [0.717, 1.165) is 5.75 Å². The molecular weight excluding hydrogens is 322 g/mol. The average Bonchev–Trinajstić information content (AvgIpc) is 2.64. The summed E-state index contributed by atoms with van der Waals surface area (Å²) in [6.45, 7) is 3.60. The van der Waals surface area contributed by atoms with Gasteiger partial charge in [-0.3, -0.25) is 0 Å². The van der Waals surface area contributed by atoms with Crippen molar-refractivity contribution in [1.82, 2.24) is 9.88 Å². The summed E-state index contributed by atoms with van der Waals surface area (Å²) in [5, 5.41) is 2.86. The van der Waals surface area contributed by atoms with Crippen LogP contribution in [0.5, 0.6) is 17.4 Å². The van der Waals surface area contributed by atoms with Crippen molar-refractivity contribution < 1.29 is 19.0 Å². The molecule has 0 aliphatic carbocycles. The van der Waals surface area contributed by atoms with Gasteiger partial charge in [-0.2, -0.15) is 0 Å². The third-order valence-electron chi connectivity index (χ3n) is 3.82.